The van der Waals surface area contributed by atoms with Crippen LogP contribution in [0.15, 0.2) is 35.5 Å². The average molecular weight is 275 g/mol. The highest BCUT2D eigenvalue weighted by atomic mass is 32.2. The highest BCUT2D eigenvalue weighted by molar-refractivity contribution is 8.26. The van der Waals surface area contributed by atoms with Crippen molar-refractivity contribution >= 4 is 51.7 Å². The second kappa shape index (κ2) is 5.70. The van der Waals surface area contributed by atoms with Crippen molar-refractivity contribution in [3.05, 3.63) is 41.1 Å². The minimum atomic E-state index is 0.217. The molecule has 1 aromatic heterocycles. The number of benzene rings is 1. The molecule has 6 heteroatoms. The molecular weight excluding hydrogens is 266 g/mol. The summed E-state index contributed by atoms with van der Waals surface area (Å²) in [6.45, 7) is 0. The molecule has 1 aromatic carbocycles. The summed E-state index contributed by atoms with van der Waals surface area (Å²) in [5, 5.41) is 0. The molecule has 0 amide bonds. The van der Waals surface area contributed by atoms with Crippen LogP contribution in [0.3, 0.4) is 0 Å². The number of carbonyl (C=O) groups is 1. The molecule has 0 aliphatic carbocycles. The van der Waals surface area contributed by atoms with Gasteiger partial charge in [-0.1, -0.05) is 30.0 Å². The molecule has 0 spiro atoms. The van der Waals surface area contributed by atoms with Crippen molar-refractivity contribution in [2.24, 2.45) is 5.73 Å². The van der Waals surface area contributed by atoms with Gasteiger partial charge in [0.05, 0.1) is 15.9 Å². The van der Waals surface area contributed by atoms with Crippen LogP contribution in [0.4, 0.5) is 0 Å². The molecule has 4 nitrogen and oxygen atoms in total. The maximum atomic E-state index is 10.9. The smallest absolute Gasteiger partial charge is 0.156 e. The lowest BCUT2D eigenvalue weighted by Gasteiger charge is -2.00. The van der Waals surface area contributed by atoms with Crippen molar-refractivity contribution in [2.45, 2.75) is 0 Å². The lowest BCUT2D eigenvalue weighted by molar-refractivity contribution is -0.104. The third-order valence-corrected chi connectivity index (χ3v) is 3.04. The zero-order valence-electron chi connectivity index (χ0n) is 9.24. The fourth-order valence-corrected chi connectivity index (χ4v) is 2.20. The van der Waals surface area contributed by atoms with Gasteiger partial charge in [-0.2, -0.15) is 0 Å². The molecule has 1 heterocycles. The van der Waals surface area contributed by atoms with Crippen molar-refractivity contribution in [2.75, 3.05) is 0 Å². The molecule has 0 fully saturated rings. The summed E-state index contributed by atoms with van der Waals surface area (Å²) >= 11 is 5.82. The molecule has 0 aliphatic rings. The van der Waals surface area contributed by atoms with E-state index in [-0.39, 0.29) is 4.32 Å². The first-order chi connectivity index (χ1) is 8.69. The van der Waals surface area contributed by atoms with E-state index >= 15 is 0 Å². The number of allylic oxidation sites excluding steroid dienone is 1. The minimum Gasteiger partial charge on any atom is -0.384 e. The molecule has 0 saturated carbocycles. The number of fused-ring (bicyclic) bond motifs is 1. The van der Waals surface area contributed by atoms with E-state index < -0.39 is 0 Å². The Balaban J connectivity index is 2.38. The summed E-state index contributed by atoms with van der Waals surface area (Å²) in [5.41, 5.74) is 7.83. The van der Waals surface area contributed by atoms with Crippen LogP contribution >= 0.6 is 24.0 Å². The van der Waals surface area contributed by atoms with Gasteiger partial charge in [0, 0.05) is 12.4 Å². The van der Waals surface area contributed by atoms with Crippen LogP contribution in [0, 0.1) is 0 Å². The third kappa shape index (κ3) is 3.12. The molecule has 2 N–H and O–H groups in total. The largest absolute Gasteiger partial charge is 0.384 e. The van der Waals surface area contributed by atoms with E-state index in [2.05, 4.69) is 9.97 Å². The van der Waals surface area contributed by atoms with Crippen molar-refractivity contribution in [3.8, 4) is 0 Å². The summed E-state index contributed by atoms with van der Waals surface area (Å²) in [6, 6.07) is 5.56. The van der Waals surface area contributed by atoms with Gasteiger partial charge < -0.3 is 5.73 Å². The number of carbonyl (C=O) groups excluding carboxylic acids is 1. The predicted molar refractivity (Wildman–Crippen MR) is 78.0 cm³/mol. The van der Waals surface area contributed by atoms with Gasteiger partial charge in [0.2, 0.25) is 0 Å². The van der Waals surface area contributed by atoms with Gasteiger partial charge in [0.15, 0.2) is 6.29 Å². The van der Waals surface area contributed by atoms with Gasteiger partial charge in [0.1, 0.15) is 4.32 Å². The second-order valence-corrected chi connectivity index (χ2v) is 5.20. The highest BCUT2D eigenvalue weighted by Gasteiger charge is 2.01. The van der Waals surface area contributed by atoms with E-state index in [1.54, 1.807) is 18.5 Å². The molecule has 0 unspecified atom stereocenters. The van der Waals surface area contributed by atoms with Crippen LogP contribution in [0.1, 0.15) is 5.56 Å². The summed E-state index contributed by atoms with van der Waals surface area (Å²) in [6.07, 6.45) is 5.70. The lowest BCUT2D eigenvalue weighted by Crippen LogP contribution is -2.02. The van der Waals surface area contributed by atoms with E-state index in [0.29, 0.717) is 4.91 Å². The molecule has 90 valence electrons. The maximum Gasteiger partial charge on any atom is 0.156 e. The number of hydrogen-bond donors (Lipinski definition) is 1. The highest BCUT2D eigenvalue weighted by Crippen LogP contribution is 2.19. The van der Waals surface area contributed by atoms with E-state index in [9.17, 15) is 4.79 Å². The lowest BCUT2D eigenvalue weighted by atomic mass is 10.2. The quantitative estimate of drug-likeness (QED) is 0.526. The first-order valence-electron chi connectivity index (χ1n) is 5.04. The van der Waals surface area contributed by atoms with Crippen LogP contribution in [0.2, 0.25) is 0 Å². The van der Waals surface area contributed by atoms with Gasteiger partial charge in [-0.25, -0.2) is 0 Å². The zero-order valence-corrected chi connectivity index (χ0v) is 10.9. The standard InChI is InChI=1S/C12H9N3OS2/c13-12(17)18-9(7-16)5-8-1-2-10-11(6-8)15-4-3-14-10/h1-7H,(H2,13,17)/b9-5-. The molecular formula is C12H9N3OS2. The Kier molecular flexibility index (Phi) is 4.01. The first-order valence-corrected chi connectivity index (χ1v) is 6.26. The van der Waals surface area contributed by atoms with Gasteiger partial charge in [-0.3, -0.25) is 14.8 Å². The monoisotopic (exact) mass is 275 g/mol. The van der Waals surface area contributed by atoms with Crippen LogP contribution in [-0.2, 0) is 4.79 Å². The Morgan fingerprint density at radius 2 is 2.00 bits per heavy atom. The number of nitrogens with zero attached hydrogens (tertiary/aromatic N) is 2. The summed E-state index contributed by atoms with van der Waals surface area (Å²) in [7, 11) is 0. The van der Waals surface area contributed by atoms with Crippen molar-refractivity contribution in [1.82, 2.24) is 9.97 Å². The molecule has 2 rings (SSSR count). The topological polar surface area (TPSA) is 68.9 Å². The number of aldehydes is 1. The van der Waals surface area contributed by atoms with Crippen LogP contribution in [-0.4, -0.2) is 20.6 Å². The van der Waals surface area contributed by atoms with Gasteiger partial charge >= 0.3 is 0 Å². The fourth-order valence-electron chi connectivity index (χ4n) is 1.44. The Morgan fingerprint density at radius 3 is 2.67 bits per heavy atom. The molecule has 18 heavy (non-hydrogen) atoms. The second-order valence-electron chi connectivity index (χ2n) is 3.39. The summed E-state index contributed by atoms with van der Waals surface area (Å²) in [4.78, 5) is 19.7. The number of thiocarbonyl (C=S) groups is 1. The molecule has 0 radical (unpaired) electrons. The third-order valence-electron chi connectivity index (χ3n) is 2.14. The molecule has 2 aromatic rings. The van der Waals surface area contributed by atoms with E-state index in [1.165, 1.54) is 0 Å². The average Bonchev–Trinajstić information content (AvgIpc) is 2.37. The maximum absolute atomic E-state index is 10.9. The van der Waals surface area contributed by atoms with Crippen molar-refractivity contribution in [3.63, 3.8) is 0 Å². The minimum absolute atomic E-state index is 0.217. The summed E-state index contributed by atoms with van der Waals surface area (Å²) < 4.78 is 0.217. The molecule has 0 atom stereocenters. The molecule has 0 bridgehead atoms. The van der Waals surface area contributed by atoms with E-state index in [1.807, 2.05) is 18.2 Å². The van der Waals surface area contributed by atoms with Crippen LogP contribution in [0.25, 0.3) is 17.1 Å². The number of rotatable bonds is 3. The Bertz CT molecular complexity index is 640. The van der Waals surface area contributed by atoms with E-state index in [0.717, 1.165) is 34.6 Å². The molecule has 0 aliphatic heterocycles. The first kappa shape index (κ1) is 12.7. The Hall–Kier alpha value is -1.79. The Labute approximate surface area is 113 Å². The number of aromatic nitrogens is 2. The normalized spacial score (nSPS) is 11.4. The molecule has 0 saturated heterocycles. The van der Waals surface area contributed by atoms with Crippen LogP contribution in [0.5, 0.6) is 0 Å². The Morgan fingerprint density at radius 1 is 1.28 bits per heavy atom. The van der Waals surface area contributed by atoms with Crippen LogP contribution < -0.4 is 5.73 Å². The number of hydrogen-bond acceptors (Lipinski definition) is 5. The SMILES string of the molecule is NC(=S)S/C(C=O)=C\c1ccc2nccnc2c1. The fraction of sp³-hybridized carbons (Fsp3) is 0. The number of thioether (sulfide) groups is 1. The van der Waals surface area contributed by atoms with Gasteiger partial charge in [-0.05, 0) is 23.8 Å². The van der Waals surface area contributed by atoms with Crippen molar-refractivity contribution in [1.29, 1.82) is 0 Å². The van der Waals surface area contributed by atoms with Gasteiger partial charge in [-0.15, -0.1) is 0 Å². The zero-order chi connectivity index (χ0) is 13.0. The van der Waals surface area contributed by atoms with E-state index in [4.69, 9.17) is 18.0 Å². The predicted octanol–water partition coefficient (Wildman–Crippen LogP) is 2.15. The summed E-state index contributed by atoms with van der Waals surface area (Å²) in [5.74, 6) is 0. The number of nitrogens with two attached hydrogens (primary N) is 1. The van der Waals surface area contributed by atoms with Crippen molar-refractivity contribution < 1.29 is 4.79 Å². The van der Waals surface area contributed by atoms with Gasteiger partial charge in [0.25, 0.3) is 0 Å².